The number of aryl methyl sites for hydroxylation is 1. The lowest BCUT2D eigenvalue weighted by Gasteiger charge is -2.09. The Morgan fingerprint density at radius 1 is 0.895 bits per heavy atom. The molecule has 0 aromatic heterocycles. The van der Waals surface area contributed by atoms with Crippen LogP contribution < -0.4 is 0 Å². The number of unbranched alkanes of at least 4 members (excludes halogenated alkanes) is 2. The highest BCUT2D eigenvalue weighted by Crippen LogP contribution is 2.24. The maximum atomic E-state index is 2.38. The zero-order valence-corrected chi connectivity index (χ0v) is 11.9. The van der Waals surface area contributed by atoms with E-state index >= 15 is 0 Å². The smallest absolute Gasteiger partial charge is 0.0151 e. The molecule has 2 aromatic rings. The first-order valence-electron chi connectivity index (χ1n) is 7.14. The van der Waals surface area contributed by atoms with Crippen LogP contribution in [0.1, 0.15) is 42.9 Å². The Morgan fingerprint density at radius 3 is 2.16 bits per heavy atom. The summed E-state index contributed by atoms with van der Waals surface area (Å²) in [5, 5.41) is 0. The molecule has 0 saturated heterocycles. The Morgan fingerprint density at radius 2 is 1.53 bits per heavy atom. The maximum absolute atomic E-state index is 2.38. The Balaban J connectivity index is 2.34. The second-order valence-corrected chi connectivity index (χ2v) is 4.99. The van der Waals surface area contributed by atoms with Crippen molar-refractivity contribution >= 4 is 5.57 Å². The van der Waals surface area contributed by atoms with Crippen molar-refractivity contribution in [2.45, 2.75) is 33.1 Å². The number of benzene rings is 2. The van der Waals surface area contributed by atoms with E-state index in [1.165, 1.54) is 35.1 Å². The van der Waals surface area contributed by atoms with Gasteiger partial charge >= 0.3 is 0 Å². The predicted molar refractivity (Wildman–Crippen MR) is 84.2 cm³/mol. The third-order valence-electron chi connectivity index (χ3n) is 3.35. The van der Waals surface area contributed by atoms with Gasteiger partial charge in [-0.1, -0.05) is 86.0 Å². The van der Waals surface area contributed by atoms with Crippen molar-refractivity contribution in [3.05, 3.63) is 77.4 Å². The summed E-state index contributed by atoms with van der Waals surface area (Å²) in [5.74, 6) is 0. The molecule has 0 heteroatoms. The molecule has 0 bridgehead atoms. The average molecular weight is 250 g/mol. The van der Waals surface area contributed by atoms with Gasteiger partial charge in [0.15, 0.2) is 0 Å². The third kappa shape index (κ3) is 3.82. The van der Waals surface area contributed by atoms with Crippen LogP contribution in [0, 0.1) is 6.92 Å². The minimum absolute atomic E-state index is 1.15. The van der Waals surface area contributed by atoms with Crippen molar-refractivity contribution in [2.24, 2.45) is 0 Å². The van der Waals surface area contributed by atoms with Crippen molar-refractivity contribution in [1.29, 1.82) is 0 Å². The first kappa shape index (κ1) is 13.6. The van der Waals surface area contributed by atoms with Crippen LogP contribution >= 0.6 is 0 Å². The van der Waals surface area contributed by atoms with Crippen molar-refractivity contribution in [3.8, 4) is 0 Å². The molecule has 0 atom stereocenters. The molecule has 0 radical (unpaired) electrons. The zero-order valence-electron chi connectivity index (χ0n) is 11.9. The summed E-state index contributed by atoms with van der Waals surface area (Å²) in [6.07, 6.45) is 6.02. The van der Waals surface area contributed by atoms with Gasteiger partial charge in [-0.2, -0.15) is 0 Å². The largest absolute Gasteiger partial charge is 0.0761 e. The van der Waals surface area contributed by atoms with Crippen molar-refractivity contribution in [3.63, 3.8) is 0 Å². The lowest BCUT2D eigenvalue weighted by molar-refractivity contribution is 0.815. The second-order valence-electron chi connectivity index (χ2n) is 4.99. The summed E-state index contributed by atoms with van der Waals surface area (Å²) in [4.78, 5) is 0. The fourth-order valence-corrected chi connectivity index (χ4v) is 2.20. The highest BCUT2D eigenvalue weighted by Gasteiger charge is 2.03. The topological polar surface area (TPSA) is 0 Å². The molecule has 0 aliphatic carbocycles. The summed E-state index contributed by atoms with van der Waals surface area (Å²) in [6.45, 7) is 4.37. The van der Waals surface area contributed by atoms with Gasteiger partial charge in [0.05, 0.1) is 0 Å². The van der Waals surface area contributed by atoms with E-state index < -0.39 is 0 Å². The third-order valence-corrected chi connectivity index (χ3v) is 3.35. The number of hydrogen-bond donors (Lipinski definition) is 0. The van der Waals surface area contributed by atoms with E-state index in [4.69, 9.17) is 0 Å². The van der Waals surface area contributed by atoms with Gasteiger partial charge in [0, 0.05) is 0 Å². The minimum atomic E-state index is 1.15. The molecule has 98 valence electrons. The number of hydrogen-bond acceptors (Lipinski definition) is 0. The predicted octanol–water partition coefficient (Wildman–Crippen LogP) is 5.62. The lowest BCUT2D eigenvalue weighted by Crippen LogP contribution is -1.88. The summed E-state index contributed by atoms with van der Waals surface area (Å²) < 4.78 is 0. The summed E-state index contributed by atoms with van der Waals surface area (Å²) in [5.41, 5.74) is 5.29. The molecule has 0 aliphatic rings. The van der Waals surface area contributed by atoms with Crippen LogP contribution in [-0.2, 0) is 0 Å². The molecule has 0 spiro atoms. The van der Waals surface area contributed by atoms with Crippen LogP contribution in [0.5, 0.6) is 0 Å². The lowest BCUT2D eigenvalue weighted by atomic mass is 9.96. The molecular weight excluding hydrogens is 228 g/mol. The summed E-state index contributed by atoms with van der Waals surface area (Å²) in [6, 6.07) is 19.5. The fraction of sp³-hybridized carbons (Fsp3) is 0.263. The van der Waals surface area contributed by atoms with Crippen LogP contribution in [0.2, 0.25) is 0 Å². The molecule has 0 fully saturated rings. The van der Waals surface area contributed by atoms with Crippen LogP contribution in [0.15, 0.2) is 60.7 Å². The van der Waals surface area contributed by atoms with Crippen LogP contribution in [0.3, 0.4) is 0 Å². The van der Waals surface area contributed by atoms with Gasteiger partial charge in [0.25, 0.3) is 0 Å². The van der Waals surface area contributed by atoms with E-state index in [2.05, 4.69) is 74.5 Å². The van der Waals surface area contributed by atoms with E-state index in [1.54, 1.807) is 0 Å². The fourth-order valence-electron chi connectivity index (χ4n) is 2.20. The number of rotatable bonds is 5. The van der Waals surface area contributed by atoms with Gasteiger partial charge < -0.3 is 0 Å². The second kappa shape index (κ2) is 6.94. The SMILES string of the molecule is CCCC/C=C(/c1ccccc1)c1ccc(C)cc1. The standard InChI is InChI=1S/C19H22/c1-3-4-6-11-19(17-9-7-5-8-10-17)18-14-12-16(2)13-15-18/h5,7-15H,3-4,6H2,1-2H3/b19-11-. The van der Waals surface area contributed by atoms with Crippen LogP contribution in [-0.4, -0.2) is 0 Å². The average Bonchev–Trinajstić information content (AvgIpc) is 2.46. The van der Waals surface area contributed by atoms with Gasteiger partial charge in [-0.15, -0.1) is 0 Å². The molecule has 0 nitrogen and oxygen atoms in total. The van der Waals surface area contributed by atoms with Crippen LogP contribution in [0.25, 0.3) is 5.57 Å². The van der Waals surface area contributed by atoms with Crippen LogP contribution in [0.4, 0.5) is 0 Å². The summed E-state index contributed by atoms with van der Waals surface area (Å²) in [7, 11) is 0. The summed E-state index contributed by atoms with van der Waals surface area (Å²) >= 11 is 0. The minimum Gasteiger partial charge on any atom is -0.0761 e. The normalized spacial score (nSPS) is 11.6. The van der Waals surface area contributed by atoms with Gasteiger partial charge in [0.2, 0.25) is 0 Å². The van der Waals surface area contributed by atoms with Crippen molar-refractivity contribution in [2.75, 3.05) is 0 Å². The molecule has 0 aliphatic heterocycles. The van der Waals surface area contributed by atoms with Gasteiger partial charge in [-0.3, -0.25) is 0 Å². The van der Waals surface area contributed by atoms with E-state index in [0.717, 1.165) is 6.42 Å². The monoisotopic (exact) mass is 250 g/mol. The van der Waals surface area contributed by atoms with Gasteiger partial charge in [0.1, 0.15) is 0 Å². The Hall–Kier alpha value is -1.82. The molecule has 0 N–H and O–H groups in total. The van der Waals surface area contributed by atoms with Crippen molar-refractivity contribution < 1.29 is 0 Å². The Labute approximate surface area is 116 Å². The zero-order chi connectivity index (χ0) is 13.5. The van der Waals surface area contributed by atoms with E-state index in [0.29, 0.717) is 0 Å². The highest BCUT2D eigenvalue weighted by atomic mass is 14.1. The highest BCUT2D eigenvalue weighted by molar-refractivity contribution is 5.79. The molecular formula is C19H22. The first-order valence-corrected chi connectivity index (χ1v) is 7.14. The van der Waals surface area contributed by atoms with E-state index in [9.17, 15) is 0 Å². The molecule has 0 heterocycles. The molecule has 2 aromatic carbocycles. The quantitative estimate of drug-likeness (QED) is 0.604. The van der Waals surface area contributed by atoms with Crippen molar-refractivity contribution in [1.82, 2.24) is 0 Å². The molecule has 2 rings (SSSR count). The Bertz CT molecular complexity index is 518. The molecule has 19 heavy (non-hydrogen) atoms. The van der Waals surface area contributed by atoms with Gasteiger partial charge in [-0.05, 0) is 30.0 Å². The maximum Gasteiger partial charge on any atom is -0.0151 e. The van der Waals surface area contributed by atoms with Gasteiger partial charge in [-0.25, -0.2) is 0 Å². The molecule has 0 saturated carbocycles. The molecule has 0 amide bonds. The molecule has 0 unspecified atom stereocenters. The Kier molecular flexibility index (Phi) is 4.97. The first-order chi connectivity index (χ1) is 9.31. The van der Waals surface area contributed by atoms with E-state index in [1.807, 2.05) is 0 Å². The number of allylic oxidation sites excluding steroid dienone is 1. The van der Waals surface area contributed by atoms with E-state index in [-0.39, 0.29) is 0 Å².